The molecule has 0 fully saturated rings. The van der Waals surface area contributed by atoms with Crippen LogP contribution >= 0.6 is 0 Å². The van der Waals surface area contributed by atoms with Crippen molar-refractivity contribution in [3.05, 3.63) is 36.5 Å². The lowest BCUT2D eigenvalue weighted by atomic mass is 10.0. The third-order valence-corrected chi connectivity index (χ3v) is 6.98. The maximum Gasteiger partial charge on any atom is 0.306 e. The topological polar surface area (TPSA) is 93.1 Å². The van der Waals surface area contributed by atoms with Gasteiger partial charge in [0.1, 0.15) is 6.61 Å². The van der Waals surface area contributed by atoms with Gasteiger partial charge in [-0.3, -0.25) is 9.59 Å². The second kappa shape index (κ2) is 29.6. The van der Waals surface area contributed by atoms with Crippen molar-refractivity contribution in [3.8, 4) is 0 Å². The molecule has 0 rings (SSSR count). The molecule has 6 nitrogen and oxygen atoms in total. The van der Waals surface area contributed by atoms with Crippen molar-refractivity contribution in [2.75, 3.05) is 13.2 Å². The van der Waals surface area contributed by atoms with Crippen LogP contribution in [0.1, 0.15) is 143 Å². The fourth-order valence-corrected chi connectivity index (χ4v) is 4.45. The molecule has 0 aromatic rings. The molecule has 0 aromatic carbocycles. The normalized spacial score (nSPS) is 13.5. The van der Waals surface area contributed by atoms with E-state index in [2.05, 4.69) is 39.0 Å². The fraction of sp³-hybridized carbons (Fsp3) is 0.771. The molecule has 0 aliphatic heterocycles. The Morgan fingerprint density at radius 1 is 0.707 bits per heavy atom. The molecule has 0 aliphatic rings. The summed E-state index contributed by atoms with van der Waals surface area (Å²) in [7, 11) is 0. The summed E-state index contributed by atoms with van der Waals surface area (Å²) in [5.41, 5.74) is 0. The van der Waals surface area contributed by atoms with Gasteiger partial charge in [-0.25, -0.2) is 0 Å². The lowest BCUT2D eigenvalue weighted by Gasteiger charge is -2.15. The average Bonchev–Trinajstić information content (AvgIpc) is 2.95. The summed E-state index contributed by atoms with van der Waals surface area (Å²) < 4.78 is 10.5. The number of rotatable bonds is 28. The molecule has 2 atom stereocenters. The molecule has 0 saturated carbocycles. The van der Waals surface area contributed by atoms with E-state index >= 15 is 0 Å². The van der Waals surface area contributed by atoms with Gasteiger partial charge < -0.3 is 19.7 Å². The Kier molecular flexibility index (Phi) is 28.2. The van der Waals surface area contributed by atoms with Crippen LogP contribution in [0.3, 0.4) is 0 Å². The zero-order valence-electron chi connectivity index (χ0n) is 26.6. The summed E-state index contributed by atoms with van der Waals surface area (Å²) in [6, 6.07) is 0. The molecule has 0 spiro atoms. The first-order valence-electron chi connectivity index (χ1n) is 16.5. The first-order chi connectivity index (χ1) is 19.9. The van der Waals surface area contributed by atoms with Gasteiger partial charge in [-0.2, -0.15) is 0 Å². The van der Waals surface area contributed by atoms with Gasteiger partial charge in [-0.05, 0) is 38.0 Å². The molecule has 0 bridgehead atoms. The highest BCUT2D eigenvalue weighted by molar-refractivity contribution is 5.70. The highest BCUT2D eigenvalue weighted by Crippen LogP contribution is 2.14. The number of carbonyl (C=O) groups excluding carboxylic acids is 2. The van der Waals surface area contributed by atoms with Crippen molar-refractivity contribution in [2.45, 2.75) is 155 Å². The zero-order chi connectivity index (χ0) is 30.4. The molecule has 41 heavy (non-hydrogen) atoms. The van der Waals surface area contributed by atoms with Gasteiger partial charge in [-0.15, -0.1) is 0 Å². The number of hydrogen-bond acceptors (Lipinski definition) is 6. The van der Waals surface area contributed by atoms with Crippen molar-refractivity contribution in [1.82, 2.24) is 0 Å². The third kappa shape index (κ3) is 29.4. The lowest BCUT2D eigenvalue weighted by molar-refractivity contribution is -0.161. The van der Waals surface area contributed by atoms with Crippen LogP contribution in [0.4, 0.5) is 0 Å². The predicted octanol–water partition coefficient (Wildman–Crippen LogP) is 8.55. The first kappa shape index (κ1) is 39.1. The van der Waals surface area contributed by atoms with Crippen molar-refractivity contribution in [2.24, 2.45) is 5.92 Å². The number of aliphatic hydroxyl groups is 2. The summed E-state index contributed by atoms with van der Waals surface area (Å²) in [6.45, 7) is 6.20. The Morgan fingerprint density at radius 2 is 1.27 bits per heavy atom. The Balaban J connectivity index is 3.71. The van der Waals surface area contributed by atoms with Crippen LogP contribution in [0, 0.1) is 5.92 Å². The highest BCUT2D eigenvalue weighted by atomic mass is 16.6. The largest absolute Gasteiger partial charge is 0.462 e. The lowest BCUT2D eigenvalue weighted by Crippen LogP contribution is -2.28. The fourth-order valence-electron chi connectivity index (χ4n) is 4.45. The molecule has 0 radical (unpaired) electrons. The minimum Gasteiger partial charge on any atom is -0.462 e. The SMILES string of the molecule is CC/C=C/C/C=C/C=C/C(O)CCCCCCCC(=O)OC[C@H](CO)OC(=O)CCCCCCCCCCC(C)C. The zero-order valence-corrected chi connectivity index (χ0v) is 26.6. The molecule has 6 heteroatoms. The average molecular weight is 579 g/mol. The summed E-state index contributed by atoms with van der Waals surface area (Å²) in [4.78, 5) is 24.1. The Morgan fingerprint density at radius 3 is 1.85 bits per heavy atom. The maximum absolute atomic E-state index is 12.1. The minimum absolute atomic E-state index is 0.103. The summed E-state index contributed by atoms with van der Waals surface area (Å²) in [5.74, 6) is 0.123. The van der Waals surface area contributed by atoms with Gasteiger partial charge >= 0.3 is 11.9 Å². The van der Waals surface area contributed by atoms with Crippen molar-refractivity contribution < 1.29 is 29.3 Å². The van der Waals surface area contributed by atoms with E-state index in [9.17, 15) is 19.8 Å². The Bertz CT molecular complexity index is 697. The minimum atomic E-state index is -0.800. The molecule has 0 amide bonds. The Labute approximate surface area is 251 Å². The highest BCUT2D eigenvalue weighted by Gasteiger charge is 2.16. The smallest absolute Gasteiger partial charge is 0.306 e. The first-order valence-corrected chi connectivity index (χ1v) is 16.5. The van der Waals surface area contributed by atoms with E-state index in [0.29, 0.717) is 12.8 Å². The molecule has 1 unspecified atom stereocenters. The summed E-state index contributed by atoms with van der Waals surface area (Å²) >= 11 is 0. The molecule has 0 saturated heterocycles. The second-order valence-electron chi connectivity index (χ2n) is 11.5. The van der Waals surface area contributed by atoms with Gasteiger partial charge in [0.15, 0.2) is 6.10 Å². The molecular weight excluding hydrogens is 516 g/mol. The maximum atomic E-state index is 12.1. The molecule has 238 valence electrons. The van der Waals surface area contributed by atoms with Gasteiger partial charge in [0.2, 0.25) is 0 Å². The number of aliphatic hydroxyl groups excluding tert-OH is 2. The third-order valence-electron chi connectivity index (χ3n) is 6.98. The molecule has 0 heterocycles. The van der Waals surface area contributed by atoms with E-state index in [-0.39, 0.29) is 25.2 Å². The van der Waals surface area contributed by atoms with Crippen molar-refractivity contribution >= 4 is 11.9 Å². The number of allylic oxidation sites excluding steroid dienone is 5. The number of unbranched alkanes of at least 4 members (excludes halogenated alkanes) is 11. The van der Waals surface area contributed by atoms with Gasteiger partial charge in [0.25, 0.3) is 0 Å². The molecule has 0 aromatic heterocycles. The van der Waals surface area contributed by atoms with Crippen molar-refractivity contribution in [1.29, 1.82) is 0 Å². The number of ether oxygens (including phenoxy) is 2. The van der Waals surface area contributed by atoms with Crippen LogP contribution in [-0.4, -0.2) is 47.6 Å². The monoisotopic (exact) mass is 578 g/mol. The van der Waals surface area contributed by atoms with E-state index in [1.165, 1.54) is 38.5 Å². The number of carbonyl (C=O) groups is 2. The second-order valence-corrected chi connectivity index (χ2v) is 11.5. The Hall–Kier alpha value is -1.92. The van der Waals surface area contributed by atoms with Gasteiger partial charge in [0.05, 0.1) is 12.7 Å². The van der Waals surface area contributed by atoms with Crippen molar-refractivity contribution in [3.63, 3.8) is 0 Å². The predicted molar refractivity (Wildman–Crippen MR) is 170 cm³/mol. The van der Waals surface area contributed by atoms with Gasteiger partial charge in [-0.1, -0.05) is 134 Å². The number of esters is 2. The van der Waals surface area contributed by atoms with Crippen LogP contribution in [-0.2, 0) is 19.1 Å². The van der Waals surface area contributed by atoms with E-state index in [1.807, 2.05) is 18.2 Å². The molecule has 0 aliphatic carbocycles. The van der Waals surface area contributed by atoms with E-state index in [0.717, 1.165) is 76.5 Å². The summed E-state index contributed by atoms with van der Waals surface area (Å²) in [5, 5.41) is 19.5. The van der Waals surface area contributed by atoms with Crippen LogP contribution in [0.5, 0.6) is 0 Å². The molecular formula is C35H62O6. The van der Waals surface area contributed by atoms with Crippen LogP contribution in [0.15, 0.2) is 36.5 Å². The molecule has 2 N–H and O–H groups in total. The van der Waals surface area contributed by atoms with E-state index in [4.69, 9.17) is 9.47 Å². The standard InChI is InChI=1S/C35H62O6/c1-4-5-6-7-10-15-20-25-32(37)26-21-16-13-18-22-27-34(38)40-30-33(29-36)41-35(39)28-23-17-12-9-8-11-14-19-24-31(2)3/h5-6,10,15,20,25,31-33,36-37H,4,7-9,11-14,16-19,21-24,26-30H2,1-3H3/b6-5+,15-10+,25-20+/t32?,33-/m0/s1. The van der Waals surface area contributed by atoms with Gasteiger partial charge in [0, 0.05) is 12.8 Å². The van der Waals surface area contributed by atoms with E-state index < -0.39 is 12.2 Å². The quantitative estimate of drug-likeness (QED) is 0.0418. The summed E-state index contributed by atoms with van der Waals surface area (Å²) in [6.07, 6.45) is 29.4. The van der Waals surface area contributed by atoms with Crippen LogP contribution in [0.2, 0.25) is 0 Å². The van der Waals surface area contributed by atoms with E-state index in [1.54, 1.807) is 0 Å². The van der Waals surface area contributed by atoms with Crippen LogP contribution < -0.4 is 0 Å². The number of hydrogen-bond donors (Lipinski definition) is 2. The van der Waals surface area contributed by atoms with Crippen LogP contribution in [0.25, 0.3) is 0 Å².